The molecule has 0 radical (unpaired) electrons. The van der Waals surface area contributed by atoms with Gasteiger partial charge in [-0.1, -0.05) is 19.8 Å². The third-order valence-electron chi connectivity index (χ3n) is 5.60. The zero-order valence-corrected chi connectivity index (χ0v) is 13.8. The molecule has 20 heavy (non-hydrogen) atoms. The molecule has 2 fully saturated rings. The van der Waals surface area contributed by atoms with Crippen molar-refractivity contribution in [1.29, 1.82) is 0 Å². The topological polar surface area (TPSA) is 35.7 Å². The average molecular weight is 282 g/mol. The number of rotatable bonds is 5. The molecule has 2 N–H and O–H groups in total. The molecule has 0 aromatic heterocycles. The standard InChI is InChI=1S/C16H34N4/c1-15-5-4-6-16(13-15,14-17)19(3)9-12-20-10-7-18(2)8-11-20/h15H,4-14,17H2,1-3H3. The van der Waals surface area contributed by atoms with Gasteiger partial charge < -0.3 is 10.6 Å². The van der Waals surface area contributed by atoms with Gasteiger partial charge in [0.1, 0.15) is 0 Å². The Morgan fingerprint density at radius 1 is 1.25 bits per heavy atom. The highest BCUT2D eigenvalue weighted by Gasteiger charge is 2.37. The third-order valence-corrected chi connectivity index (χ3v) is 5.60. The number of nitrogens with zero attached hydrogens (tertiary/aromatic N) is 3. The van der Waals surface area contributed by atoms with Crippen LogP contribution in [0.1, 0.15) is 32.6 Å². The number of likely N-dealkylation sites (N-methyl/N-ethyl adjacent to an activating group) is 2. The molecule has 1 saturated carbocycles. The molecule has 1 heterocycles. The highest BCUT2D eigenvalue weighted by molar-refractivity contribution is 4.95. The van der Waals surface area contributed by atoms with Crippen LogP contribution in [-0.2, 0) is 0 Å². The van der Waals surface area contributed by atoms with E-state index in [0.717, 1.165) is 19.0 Å². The Balaban J connectivity index is 1.81. The van der Waals surface area contributed by atoms with Gasteiger partial charge >= 0.3 is 0 Å². The van der Waals surface area contributed by atoms with E-state index in [-0.39, 0.29) is 5.54 Å². The zero-order valence-electron chi connectivity index (χ0n) is 13.8. The van der Waals surface area contributed by atoms with Crippen molar-refractivity contribution in [3.8, 4) is 0 Å². The predicted octanol–water partition coefficient (Wildman–Crippen LogP) is 1.07. The largest absolute Gasteiger partial charge is 0.329 e. The van der Waals surface area contributed by atoms with Crippen molar-refractivity contribution in [2.45, 2.75) is 38.1 Å². The highest BCUT2D eigenvalue weighted by atomic mass is 15.3. The SMILES string of the molecule is CC1CCCC(CN)(N(C)CCN2CCN(C)CC2)C1. The van der Waals surface area contributed by atoms with Gasteiger partial charge in [-0.2, -0.15) is 0 Å². The van der Waals surface area contributed by atoms with Crippen molar-refractivity contribution in [2.24, 2.45) is 11.7 Å². The van der Waals surface area contributed by atoms with Crippen molar-refractivity contribution in [1.82, 2.24) is 14.7 Å². The van der Waals surface area contributed by atoms with Crippen LogP contribution in [0.4, 0.5) is 0 Å². The van der Waals surface area contributed by atoms with Crippen LogP contribution >= 0.6 is 0 Å². The van der Waals surface area contributed by atoms with E-state index in [9.17, 15) is 0 Å². The van der Waals surface area contributed by atoms with Crippen LogP contribution in [0.15, 0.2) is 0 Å². The Labute approximate surface area is 125 Å². The molecule has 1 aliphatic carbocycles. The van der Waals surface area contributed by atoms with Crippen LogP contribution in [0.3, 0.4) is 0 Å². The average Bonchev–Trinajstić information content (AvgIpc) is 2.46. The van der Waals surface area contributed by atoms with Gasteiger partial charge in [-0.15, -0.1) is 0 Å². The van der Waals surface area contributed by atoms with E-state index in [1.165, 1.54) is 58.4 Å². The maximum absolute atomic E-state index is 6.17. The fourth-order valence-electron chi connectivity index (χ4n) is 3.92. The predicted molar refractivity (Wildman–Crippen MR) is 86.0 cm³/mol. The molecule has 118 valence electrons. The summed E-state index contributed by atoms with van der Waals surface area (Å²) in [5, 5.41) is 0. The fraction of sp³-hybridized carbons (Fsp3) is 1.00. The minimum absolute atomic E-state index is 0.268. The summed E-state index contributed by atoms with van der Waals surface area (Å²) in [6, 6.07) is 0. The normalized spacial score (nSPS) is 33.8. The zero-order chi connectivity index (χ0) is 14.6. The number of piperazine rings is 1. The van der Waals surface area contributed by atoms with Crippen LogP contribution in [-0.4, -0.2) is 80.1 Å². The van der Waals surface area contributed by atoms with E-state index in [1.807, 2.05) is 0 Å². The van der Waals surface area contributed by atoms with Crippen LogP contribution in [0.2, 0.25) is 0 Å². The summed E-state index contributed by atoms with van der Waals surface area (Å²) in [5.41, 5.74) is 6.43. The molecule has 0 bridgehead atoms. The molecule has 0 amide bonds. The summed E-state index contributed by atoms with van der Waals surface area (Å²) < 4.78 is 0. The smallest absolute Gasteiger partial charge is 0.0331 e. The summed E-state index contributed by atoms with van der Waals surface area (Å²) in [6.07, 6.45) is 5.29. The molecule has 2 unspecified atom stereocenters. The molecule has 0 spiro atoms. The first-order valence-corrected chi connectivity index (χ1v) is 8.38. The molecule has 2 rings (SSSR count). The van der Waals surface area contributed by atoms with Gasteiger partial charge in [-0.3, -0.25) is 9.80 Å². The van der Waals surface area contributed by atoms with Crippen LogP contribution < -0.4 is 5.73 Å². The molecule has 1 saturated heterocycles. The molecule has 2 atom stereocenters. The second-order valence-corrected chi connectivity index (χ2v) is 7.20. The molecule has 0 aromatic rings. The molecule has 4 heteroatoms. The van der Waals surface area contributed by atoms with Crippen LogP contribution in [0, 0.1) is 5.92 Å². The minimum atomic E-state index is 0.268. The Bertz CT molecular complexity index is 288. The third kappa shape index (κ3) is 3.94. The van der Waals surface area contributed by atoms with Gasteiger partial charge in [-0.05, 0) is 32.9 Å². The lowest BCUT2D eigenvalue weighted by atomic mass is 9.75. The fourth-order valence-corrected chi connectivity index (χ4v) is 3.92. The number of hydrogen-bond donors (Lipinski definition) is 1. The van der Waals surface area contributed by atoms with Gasteiger partial charge in [0, 0.05) is 51.4 Å². The van der Waals surface area contributed by atoms with Gasteiger partial charge in [0.05, 0.1) is 0 Å². The molecular weight excluding hydrogens is 248 g/mol. The maximum atomic E-state index is 6.17. The summed E-state index contributed by atoms with van der Waals surface area (Å²) in [4.78, 5) is 7.60. The van der Waals surface area contributed by atoms with E-state index >= 15 is 0 Å². The molecule has 0 aromatic carbocycles. The lowest BCUT2D eigenvalue weighted by molar-refractivity contribution is 0.0472. The van der Waals surface area contributed by atoms with Crippen LogP contribution in [0.25, 0.3) is 0 Å². The summed E-state index contributed by atoms with van der Waals surface area (Å²) in [6.45, 7) is 10.4. The van der Waals surface area contributed by atoms with E-state index in [0.29, 0.717) is 0 Å². The maximum Gasteiger partial charge on any atom is 0.0331 e. The van der Waals surface area contributed by atoms with E-state index in [4.69, 9.17) is 5.73 Å². The first-order valence-electron chi connectivity index (χ1n) is 8.38. The van der Waals surface area contributed by atoms with Crippen molar-refractivity contribution >= 4 is 0 Å². The lowest BCUT2D eigenvalue weighted by Gasteiger charge is -2.47. The van der Waals surface area contributed by atoms with E-state index < -0.39 is 0 Å². The lowest BCUT2D eigenvalue weighted by Crippen LogP contribution is -2.56. The van der Waals surface area contributed by atoms with Crippen molar-refractivity contribution in [3.63, 3.8) is 0 Å². The second-order valence-electron chi connectivity index (χ2n) is 7.20. The summed E-state index contributed by atoms with van der Waals surface area (Å²) >= 11 is 0. The first kappa shape index (κ1) is 16.2. The van der Waals surface area contributed by atoms with Crippen molar-refractivity contribution in [3.05, 3.63) is 0 Å². The Kier molecular flexibility index (Phi) is 5.84. The Hall–Kier alpha value is -0.160. The second kappa shape index (κ2) is 7.21. The minimum Gasteiger partial charge on any atom is -0.329 e. The molecule has 1 aliphatic heterocycles. The number of nitrogens with two attached hydrogens (primary N) is 1. The van der Waals surface area contributed by atoms with Gasteiger partial charge in [0.25, 0.3) is 0 Å². The summed E-state index contributed by atoms with van der Waals surface area (Å²) in [5.74, 6) is 0.832. The monoisotopic (exact) mass is 282 g/mol. The van der Waals surface area contributed by atoms with E-state index in [2.05, 4.69) is 35.7 Å². The molecule has 2 aliphatic rings. The van der Waals surface area contributed by atoms with Crippen LogP contribution in [0.5, 0.6) is 0 Å². The van der Waals surface area contributed by atoms with Gasteiger partial charge in [0.15, 0.2) is 0 Å². The highest BCUT2D eigenvalue weighted by Crippen LogP contribution is 2.35. The molecule has 4 nitrogen and oxygen atoms in total. The van der Waals surface area contributed by atoms with Crippen molar-refractivity contribution in [2.75, 3.05) is 59.9 Å². The van der Waals surface area contributed by atoms with Gasteiger partial charge in [-0.25, -0.2) is 0 Å². The van der Waals surface area contributed by atoms with Crippen molar-refractivity contribution < 1.29 is 0 Å². The quantitative estimate of drug-likeness (QED) is 0.818. The Morgan fingerprint density at radius 3 is 2.55 bits per heavy atom. The first-order chi connectivity index (χ1) is 9.55. The van der Waals surface area contributed by atoms with E-state index in [1.54, 1.807) is 0 Å². The summed E-state index contributed by atoms with van der Waals surface area (Å²) in [7, 11) is 4.51. The van der Waals surface area contributed by atoms with Gasteiger partial charge in [0.2, 0.25) is 0 Å². The molecular formula is C16H34N4. The Morgan fingerprint density at radius 2 is 1.95 bits per heavy atom. The number of hydrogen-bond acceptors (Lipinski definition) is 4.